The molecule has 0 aliphatic rings. The van der Waals surface area contributed by atoms with Crippen LogP contribution in [-0.4, -0.2) is 48.6 Å². The maximum Gasteiger partial charge on any atom is 0.338 e. The normalized spacial score (nSPS) is 13.1. The molecule has 0 fully saturated rings. The summed E-state index contributed by atoms with van der Waals surface area (Å²) in [5.74, 6) is -0.270. The van der Waals surface area contributed by atoms with Gasteiger partial charge in [0.25, 0.3) is 0 Å². The molecule has 0 aliphatic heterocycles. The van der Waals surface area contributed by atoms with Crippen LogP contribution in [0.2, 0.25) is 0 Å². The molecule has 0 aliphatic carbocycles. The monoisotopic (exact) mass is 366 g/mol. The highest BCUT2D eigenvalue weighted by Gasteiger charge is 2.12. The van der Waals surface area contributed by atoms with Gasteiger partial charge in [0.05, 0.1) is 24.3 Å². The van der Waals surface area contributed by atoms with Crippen LogP contribution in [0.4, 0.5) is 0 Å². The van der Waals surface area contributed by atoms with Gasteiger partial charge in [-0.2, -0.15) is 0 Å². The summed E-state index contributed by atoms with van der Waals surface area (Å²) in [5, 5.41) is 17.7. The second-order valence-corrected chi connectivity index (χ2v) is 6.66. The predicted octanol–water partition coefficient (Wildman–Crippen LogP) is 2.82. The van der Waals surface area contributed by atoms with E-state index in [1.807, 2.05) is 13.8 Å². The number of carbonyl (C=O) groups excluding carboxylic acids is 2. The van der Waals surface area contributed by atoms with E-state index < -0.39 is 11.9 Å². The second kappa shape index (κ2) is 12.4. The van der Waals surface area contributed by atoms with E-state index in [4.69, 9.17) is 19.7 Å². The first-order chi connectivity index (χ1) is 12.5. The quantitative estimate of drug-likeness (QED) is 0.553. The van der Waals surface area contributed by atoms with Gasteiger partial charge >= 0.3 is 11.9 Å². The molecular weight excluding hydrogens is 336 g/mol. The van der Waals surface area contributed by atoms with Crippen molar-refractivity contribution < 1.29 is 29.3 Å². The molecule has 6 heteroatoms. The van der Waals surface area contributed by atoms with Crippen LogP contribution in [0.3, 0.4) is 0 Å². The molecule has 0 heterocycles. The SMILES string of the molecule is CC(CCO)CCOC(=O)c1ccc(C(=O)OCCC(C)CCO)cc1. The Labute approximate surface area is 155 Å². The summed E-state index contributed by atoms with van der Waals surface area (Å²) >= 11 is 0. The highest BCUT2D eigenvalue weighted by Crippen LogP contribution is 2.11. The van der Waals surface area contributed by atoms with Crippen molar-refractivity contribution in [2.45, 2.75) is 39.5 Å². The first-order valence-corrected chi connectivity index (χ1v) is 9.14. The standard InChI is InChI=1S/C20H30O6/c1-15(7-11-21)9-13-25-19(23)17-3-5-18(6-4-17)20(24)26-14-10-16(2)8-12-22/h3-6,15-16,21-22H,7-14H2,1-2H3. The van der Waals surface area contributed by atoms with E-state index in [9.17, 15) is 9.59 Å². The summed E-state index contributed by atoms with van der Waals surface area (Å²) in [6.45, 7) is 4.86. The van der Waals surface area contributed by atoms with Crippen molar-refractivity contribution in [3.63, 3.8) is 0 Å². The van der Waals surface area contributed by atoms with E-state index in [-0.39, 0.29) is 13.2 Å². The fourth-order valence-corrected chi connectivity index (χ4v) is 2.34. The van der Waals surface area contributed by atoms with E-state index in [2.05, 4.69) is 0 Å². The molecular formula is C20H30O6. The minimum Gasteiger partial charge on any atom is -0.462 e. The smallest absolute Gasteiger partial charge is 0.338 e. The highest BCUT2D eigenvalue weighted by molar-refractivity contribution is 5.93. The van der Waals surface area contributed by atoms with Gasteiger partial charge in [-0.05, 0) is 61.8 Å². The number of aliphatic hydroxyl groups excluding tert-OH is 2. The largest absolute Gasteiger partial charge is 0.462 e. The lowest BCUT2D eigenvalue weighted by Crippen LogP contribution is -2.11. The first-order valence-electron chi connectivity index (χ1n) is 9.14. The lowest BCUT2D eigenvalue weighted by Gasteiger charge is -2.11. The number of esters is 2. The number of ether oxygens (including phenoxy) is 2. The van der Waals surface area contributed by atoms with E-state index in [0.29, 0.717) is 61.9 Å². The Kier molecular flexibility index (Phi) is 10.6. The minimum absolute atomic E-state index is 0.132. The molecule has 0 saturated carbocycles. The maximum atomic E-state index is 12.0. The van der Waals surface area contributed by atoms with E-state index in [1.165, 1.54) is 0 Å². The third-order valence-corrected chi connectivity index (χ3v) is 4.29. The Balaban J connectivity index is 2.39. The summed E-state index contributed by atoms with van der Waals surface area (Å²) < 4.78 is 10.4. The first kappa shape index (κ1) is 22.1. The Morgan fingerprint density at radius 3 is 1.42 bits per heavy atom. The zero-order valence-corrected chi connectivity index (χ0v) is 15.6. The Morgan fingerprint density at radius 2 is 1.12 bits per heavy atom. The van der Waals surface area contributed by atoms with E-state index in [0.717, 1.165) is 0 Å². The van der Waals surface area contributed by atoms with Crippen molar-refractivity contribution in [2.75, 3.05) is 26.4 Å². The third kappa shape index (κ3) is 8.45. The number of hydrogen-bond donors (Lipinski definition) is 2. The summed E-state index contributed by atoms with van der Waals surface area (Å²) in [4.78, 5) is 23.9. The van der Waals surface area contributed by atoms with Crippen LogP contribution in [0.1, 0.15) is 60.2 Å². The van der Waals surface area contributed by atoms with Crippen LogP contribution in [0.5, 0.6) is 0 Å². The number of hydrogen-bond acceptors (Lipinski definition) is 6. The Hall–Kier alpha value is -1.92. The predicted molar refractivity (Wildman–Crippen MR) is 98.0 cm³/mol. The molecule has 1 aromatic carbocycles. The van der Waals surface area contributed by atoms with Crippen molar-refractivity contribution in [3.8, 4) is 0 Å². The van der Waals surface area contributed by atoms with E-state index in [1.54, 1.807) is 24.3 Å². The fraction of sp³-hybridized carbons (Fsp3) is 0.600. The molecule has 2 N–H and O–H groups in total. The molecule has 2 atom stereocenters. The lowest BCUT2D eigenvalue weighted by atomic mass is 10.1. The Bertz CT molecular complexity index is 491. The summed E-state index contributed by atoms with van der Waals surface area (Å²) in [5.41, 5.74) is 0.765. The van der Waals surface area contributed by atoms with Gasteiger partial charge in [-0.15, -0.1) is 0 Å². The average molecular weight is 366 g/mol. The molecule has 6 nitrogen and oxygen atoms in total. The zero-order valence-electron chi connectivity index (χ0n) is 15.6. The van der Waals surface area contributed by atoms with Gasteiger partial charge in [-0.25, -0.2) is 9.59 Å². The van der Waals surface area contributed by atoms with Gasteiger partial charge in [0, 0.05) is 13.2 Å². The third-order valence-electron chi connectivity index (χ3n) is 4.29. The van der Waals surface area contributed by atoms with Crippen molar-refractivity contribution in [1.82, 2.24) is 0 Å². The van der Waals surface area contributed by atoms with E-state index >= 15 is 0 Å². The van der Waals surface area contributed by atoms with Crippen molar-refractivity contribution in [1.29, 1.82) is 0 Å². The summed E-state index contributed by atoms with van der Waals surface area (Å²) in [7, 11) is 0. The summed E-state index contributed by atoms with van der Waals surface area (Å²) in [6.07, 6.45) is 2.77. The molecule has 146 valence electrons. The van der Waals surface area contributed by atoms with Gasteiger partial charge in [-0.3, -0.25) is 0 Å². The van der Waals surface area contributed by atoms with Crippen LogP contribution >= 0.6 is 0 Å². The maximum absolute atomic E-state index is 12.0. The van der Waals surface area contributed by atoms with Crippen LogP contribution in [-0.2, 0) is 9.47 Å². The minimum atomic E-state index is -0.432. The van der Waals surface area contributed by atoms with Gasteiger partial charge in [-0.1, -0.05) is 13.8 Å². The molecule has 1 aromatic rings. The van der Waals surface area contributed by atoms with Gasteiger partial charge in [0.1, 0.15) is 0 Å². The molecule has 0 radical (unpaired) electrons. The molecule has 26 heavy (non-hydrogen) atoms. The molecule has 0 amide bonds. The number of benzene rings is 1. The Morgan fingerprint density at radius 1 is 0.769 bits per heavy atom. The second-order valence-electron chi connectivity index (χ2n) is 6.66. The number of carbonyl (C=O) groups is 2. The van der Waals surface area contributed by atoms with Gasteiger partial charge in [0.2, 0.25) is 0 Å². The summed E-state index contributed by atoms with van der Waals surface area (Å²) in [6, 6.07) is 6.18. The van der Waals surface area contributed by atoms with Gasteiger partial charge in [0.15, 0.2) is 0 Å². The zero-order chi connectivity index (χ0) is 19.4. The highest BCUT2D eigenvalue weighted by atomic mass is 16.5. The number of aliphatic hydroxyl groups is 2. The van der Waals surface area contributed by atoms with Crippen molar-refractivity contribution in [2.24, 2.45) is 11.8 Å². The van der Waals surface area contributed by atoms with Crippen molar-refractivity contribution in [3.05, 3.63) is 35.4 Å². The molecule has 0 spiro atoms. The fourth-order valence-electron chi connectivity index (χ4n) is 2.34. The number of rotatable bonds is 12. The molecule has 0 saturated heterocycles. The van der Waals surface area contributed by atoms with Crippen LogP contribution in [0.25, 0.3) is 0 Å². The molecule has 0 bridgehead atoms. The lowest BCUT2D eigenvalue weighted by molar-refractivity contribution is 0.0466. The van der Waals surface area contributed by atoms with Crippen molar-refractivity contribution >= 4 is 11.9 Å². The van der Waals surface area contributed by atoms with Crippen LogP contribution in [0.15, 0.2) is 24.3 Å². The topological polar surface area (TPSA) is 93.1 Å². The molecule has 2 unspecified atom stereocenters. The average Bonchev–Trinajstić information content (AvgIpc) is 2.62. The van der Waals surface area contributed by atoms with Gasteiger partial charge < -0.3 is 19.7 Å². The molecule has 1 rings (SSSR count). The van der Waals surface area contributed by atoms with Crippen LogP contribution in [0, 0.1) is 11.8 Å². The van der Waals surface area contributed by atoms with Crippen LogP contribution < -0.4 is 0 Å². The molecule has 0 aromatic heterocycles.